The average molecular weight is 423 g/mol. The van der Waals surface area contributed by atoms with Gasteiger partial charge in [-0.15, -0.1) is 0 Å². The van der Waals surface area contributed by atoms with E-state index in [0.29, 0.717) is 22.3 Å². The third-order valence-electron chi connectivity index (χ3n) is 5.77. The standard InChI is InChI=1S/C25H27ClN2S/c1-2-3-4-5-19-6-11-21(12-7-19)22-13-8-20(9-14-22)10-15-25-24(26)16-23(17-27-25)28-18-29/h8-9,13-14,16-17,19,21H,2-7,11-12H2,1H3. The molecule has 1 aliphatic rings. The predicted octanol–water partition coefficient (Wildman–Crippen LogP) is 7.72. The smallest absolute Gasteiger partial charge is 0.132 e. The van der Waals surface area contributed by atoms with Crippen LogP contribution in [0.2, 0.25) is 5.02 Å². The van der Waals surface area contributed by atoms with Crippen molar-refractivity contribution < 1.29 is 0 Å². The molecule has 0 radical (unpaired) electrons. The fraction of sp³-hybridized carbons (Fsp3) is 0.440. The van der Waals surface area contributed by atoms with E-state index in [9.17, 15) is 0 Å². The molecule has 4 heteroatoms. The van der Waals surface area contributed by atoms with Crippen LogP contribution in [0.25, 0.3) is 0 Å². The number of nitrogens with zero attached hydrogens (tertiary/aromatic N) is 2. The van der Waals surface area contributed by atoms with Crippen LogP contribution in [0.5, 0.6) is 0 Å². The minimum atomic E-state index is 0.469. The lowest BCUT2D eigenvalue weighted by Gasteiger charge is -2.29. The van der Waals surface area contributed by atoms with E-state index in [4.69, 9.17) is 11.6 Å². The molecular formula is C25H27ClN2S. The second-order valence-electron chi connectivity index (χ2n) is 7.81. The number of unbranched alkanes of at least 4 members (excludes halogenated alkanes) is 2. The number of aliphatic imine (C=N–C) groups is 1. The van der Waals surface area contributed by atoms with Crippen LogP contribution in [0.3, 0.4) is 0 Å². The summed E-state index contributed by atoms with van der Waals surface area (Å²) in [5, 5.41) is 2.78. The van der Waals surface area contributed by atoms with E-state index in [0.717, 1.165) is 11.5 Å². The molecule has 1 heterocycles. The minimum absolute atomic E-state index is 0.469. The third-order valence-corrected chi connectivity index (χ3v) is 6.15. The predicted molar refractivity (Wildman–Crippen MR) is 125 cm³/mol. The molecule has 2 nitrogen and oxygen atoms in total. The number of aromatic nitrogens is 1. The van der Waals surface area contributed by atoms with Crippen molar-refractivity contribution in [2.45, 2.75) is 64.2 Å². The van der Waals surface area contributed by atoms with Gasteiger partial charge < -0.3 is 0 Å². The molecular weight excluding hydrogens is 396 g/mol. The van der Waals surface area contributed by atoms with Crippen molar-refractivity contribution in [3.05, 3.63) is 58.4 Å². The van der Waals surface area contributed by atoms with Gasteiger partial charge in [0.25, 0.3) is 0 Å². The van der Waals surface area contributed by atoms with Gasteiger partial charge in [0.2, 0.25) is 0 Å². The Hall–Kier alpha value is -1.98. The maximum absolute atomic E-state index is 6.22. The average Bonchev–Trinajstić information content (AvgIpc) is 2.75. The number of halogens is 1. The molecule has 0 saturated heterocycles. The van der Waals surface area contributed by atoms with Gasteiger partial charge in [0.05, 0.1) is 22.1 Å². The Morgan fingerprint density at radius 1 is 1.10 bits per heavy atom. The van der Waals surface area contributed by atoms with Gasteiger partial charge in [-0.2, -0.15) is 4.99 Å². The molecule has 0 unspecified atom stereocenters. The van der Waals surface area contributed by atoms with Crippen LogP contribution < -0.4 is 0 Å². The Labute approximate surface area is 184 Å². The molecule has 0 bridgehead atoms. The molecule has 29 heavy (non-hydrogen) atoms. The second-order valence-corrected chi connectivity index (χ2v) is 8.40. The summed E-state index contributed by atoms with van der Waals surface area (Å²) in [5.74, 6) is 7.85. The lowest BCUT2D eigenvalue weighted by Crippen LogP contribution is -2.13. The summed E-state index contributed by atoms with van der Waals surface area (Å²) < 4.78 is 0. The minimum Gasteiger partial charge on any atom is -0.244 e. The van der Waals surface area contributed by atoms with Crippen LogP contribution in [0.4, 0.5) is 5.69 Å². The van der Waals surface area contributed by atoms with Crippen LogP contribution in [0.1, 0.15) is 81.0 Å². The molecule has 0 N–H and O–H groups in total. The number of hydrogen-bond donors (Lipinski definition) is 0. The van der Waals surface area contributed by atoms with Gasteiger partial charge in [-0.05, 0) is 79.4 Å². The molecule has 1 aliphatic carbocycles. The van der Waals surface area contributed by atoms with E-state index in [1.54, 1.807) is 12.3 Å². The number of isothiocyanates is 1. The molecule has 1 saturated carbocycles. The zero-order valence-corrected chi connectivity index (χ0v) is 18.5. The number of hydrogen-bond acceptors (Lipinski definition) is 3. The number of benzene rings is 1. The lowest BCUT2D eigenvalue weighted by atomic mass is 9.77. The normalized spacial score (nSPS) is 18.4. The quantitative estimate of drug-likeness (QED) is 0.206. The molecule has 0 amide bonds. The van der Waals surface area contributed by atoms with Crippen molar-refractivity contribution in [3.63, 3.8) is 0 Å². The molecule has 1 aromatic heterocycles. The third kappa shape index (κ3) is 6.51. The molecule has 2 aromatic rings. The van der Waals surface area contributed by atoms with E-state index in [-0.39, 0.29) is 0 Å². The van der Waals surface area contributed by atoms with Crippen molar-refractivity contribution in [2.24, 2.45) is 10.9 Å². The van der Waals surface area contributed by atoms with Crippen LogP contribution in [0.15, 0.2) is 41.5 Å². The zero-order chi connectivity index (χ0) is 20.5. The molecule has 1 fully saturated rings. The number of rotatable bonds is 6. The maximum Gasteiger partial charge on any atom is 0.132 e. The fourth-order valence-corrected chi connectivity index (χ4v) is 4.38. The van der Waals surface area contributed by atoms with Crippen molar-refractivity contribution in [2.75, 3.05) is 0 Å². The van der Waals surface area contributed by atoms with Gasteiger partial charge in [-0.1, -0.05) is 62.3 Å². The summed E-state index contributed by atoms with van der Waals surface area (Å²) in [4.78, 5) is 8.12. The van der Waals surface area contributed by atoms with Crippen LogP contribution >= 0.6 is 23.8 Å². The van der Waals surface area contributed by atoms with E-state index >= 15 is 0 Å². The van der Waals surface area contributed by atoms with E-state index in [2.05, 4.69) is 70.4 Å². The lowest BCUT2D eigenvalue weighted by molar-refractivity contribution is 0.303. The van der Waals surface area contributed by atoms with Crippen LogP contribution in [-0.4, -0.2) is 10.1 Å². The first-order valence-corrected chi connectivity index (χ1v) is 11.3. The summed E-state index contributed by atoms with van der Waals surface area (Å²) in [6, 6.07) is 10.4. The molecule has 0 spiro atoms. The first kappa shape index (κ1) is 21.7. The van der Waals surface area contributed by atoms with Crippen molar-refractivity contribution in [1.29, 1.82) is 0 Å². The van der Waals surface area contributed by atoms with Gasteiger partial charge in [0.1, 0.15) is 5.69 Å². The molecule has 1 aromatic carbocycles. The molecule has 3 rings (SSSR count). The number of thiocarbonyl (C=S) groups is 1. The van der Waals surface area contributed by atoms with Crippen molar-refractivity contribution in [1.82, 2.24) is 4.98 Å². The monoisotopic (exact) mass is 422 g/mol. The molecule has 0 atom stereocenters. The molecule has 150 valence electrons. The van der Waals surface area contributed by atoms with Gasteiger partial charge in [-0.25, -0.2) is 4.98 Å². The summed E-state index contributed by atoms with van der Waals surface area (Å²) >= 11 is 10.8. The summed E-state index contributed by atoms with van der Waals surface area (Å²) in [7, 11) is 0. The Balaban J connectivity index is 1.58. The maximum atomic E-state index is 6.22. The largest absolute Gasteiger partial charge is 0.244 e. The Kier molecular flexibility index (Phi) is 8.44. The summed E-state index contributed by atoms with van der Waals surface area (Å²) in [6.45, 7) is 2.28. The van der Waals surface area contributed by atoms with E-state index in [1.807, 2.05) is 0 Å². The van der Waals surface area contributed by atoms with Gasteiger partial charge in [0, 0.05) is 5.56 Å². The first-order chi connectivity index (χ1) is 14.2. The highest BCUT2D eigenvalue weighted by atomic mass is 35.5. The van der Waals surface area contributed by atoms with E-state index < -0.39 is 0 Å². The Morgan fingerprint density at radius 3 is 2.52 bits per heavy atom. The Morgan fingerprint density at radius 2 is 1.86 bits per heavy atom. The Bertz CT molecular complexity index is 912. The second kappa shape index (κ2) is 11.3. The summed E-state index contributed by atoms with van der Waals surface area (Å²) in [6.07, 6.45) is 12.5. The SMILES string of the molecule is CCCCCC1CCC(c2ccc(C#Cc3ncc(N=C=S)cc3Cl)cc2)CC1. The topological polar surface area (TPSA) is 25.2 Å². The van der Waals surface area contributed by atoms with Crippen LogP contribution in [0, 0.1) is 17.8 Å². The van der Waals surface area contributed by atoms with Gasteiger partial charge >= 0.3 is 0 Å². The first-order valence-electron chi connectivity index (χ1n) is 10.5. The van der Waals surface area contributed by atoms with Crippen molar-refractivity contribution in [3.8, 4) is 11.8 Å². The van der Waals surface area contributed by atoms with Crippen molar-refractivity contribution >= 4 is 34.7 Å². The van der Waals surface area contributed by atoms with Crippen LogP contribution in [-0.2, 0) is 0 Å². The summed E-state index contributed by atoms with van der Waals surface area (Å²) in [5.41, 5.74) is 3.54. The highest BCUT2D eigenvalue weighted by Crippen LogP contribution is 2.37. The number of pyridine rings is 1. The highest BCUT2D eigenvalue weighted by Gasteiger charge is 2.21. The van der Waals surface area contributed by atoms with Gasteiger partial charge in [0.15, 0.2) is 0 Å². The van der Waals surface area contributed by atoms with E-state index in [1.165, 1.54) is 56.9 Å². The fourth-order valence-electron chi connectivity index (χ4n) is 4.07. The highest BCUT2D eigenvalue weighted by molar-refractivity contribution is 7.78. The van der Waals surface area contributed by atoms with Gasteiger partial charge in [-0.3, -0.25) is 0 Å². The molecule has 0 aliphatic heterocycles. The zero-order valence-electron chi connectivity index (χ0n) is 17.0.